The van der Waals surface area contributed by atoms with Crippen molar-refractivity contribution < 1.29 is 4.79 Å². The van der Waals surface area contributed by atoms with Crippen LogP contribution in [0, 0.1) is 6.92 Å². The lowest BCUT2D eigenvalue weighted by atomic mass is 9.96. The van der Waals surface area contributed by atoms with Crippen LogP contribution in [0.4, 0.5) is 0 Å². The van der Waals surface area contributed by atoms with E-state index in [4.69, 9.17) is 4.98 Å². The first-order valence-electron chi connectivity index (χ1n) is 6.25. The molecule has 92 valence electrons. The van der Waals surface area contributed by atoms with E-state index in [1.165, 1.54) is 0 Å². The Morgan fingerprint density at radius 3 is 3.00 bits per heavy atom. The Balaban J connectivity index is 2.34. The maximum Gasteiger partial charge on any atom is 0.151 e. The van der Waals surface area contributed by atoms with Crippen LogP contribution in [0.2, 0.25) is 0 Å². The molecule has 0 N–H and O–H groups in total. The second kappa shape index (κ2) is 4.18. The van der Waals surface area contributed by atoms with Gasteiger partial charge in [-0.15, -0.1) is 0 Å². The molecule has 0 amide bonds. The maximum atomic E-state index is 11.5. The van der Waals surface area contributed by atoms with Crippen LogP contribution in [0.25, 0.3) is 10.9 Å². The van der Waals surface area contributed by atoms with Gasteiger partial charge in [-0.2, -0.15) is 0 Å². The number of aromatic nitrogens is 1. The average Bonchev–Trinajstić information content (AvgIpc) is 2.36. The largest absolute Gasteiger partial charge is 0.302 e. The van der Waals surface area contributed by atoms with Gasteiger partial charge in [-0.3, -0.25) is 9.78 Å². The minimum atomic E-state index is 0.820. The van der Waals surface area contributed by atoms with Gasteiger partial charge in [-0.05, 0) is 31.7 Å². The highest BCUT2D eigenvalue weighted by atomic mass is 16.1. The predicted octanol–water partition coefficient (Wildman–Crippen LogP) is 2.34. The normalized spacial score (nSPS) is 15.7. The number of pyridine rings is 1. The molecule has 0 bridgehead atoms. The Bertz CT molecular complexity index is 634. The van der Waals surface area contributed by atoms with Crippen LogP contribution in [0.5, 0.6) is 0 Å². The number of benzene rings is 1. The zero-order chi connectivity index (χ0) is 12.7. The molecule has 3 rings (SSSR count). The van der Waals surface area contributed by atoms with Crippen molar-refractivity contribution in [1.82, 2.24) is 9.88 Å². The molecule has 0 fully saturated rings. The third-order valence-electron chi connectivity index (χ3n) is 3.65. The van der Waals surface area contributed by atoms with Gasteiger partial charge in [0.1, 0.15) is 0 Å². The second-order valence-electron chi connectivity index (χ2n) is 5.08. The van der Waals surface area contributed by atoms with Gasteiger partial charge >= 0.3 is 0 Å². The van der Waals surface area contributed by atoms with Crippen LogP contribution in [0.1, 0.15) is 27.2 Å². The van der Waals surface area contributed by atoms with Crippen LogP contribution < -0.4 is 0 Å². The van der Waals surface area contributed by atoms with Crippen molar-refractivity contribution in [2.75, 3.05) is 13.6 Å². The Morgan fingerprint density at radius 2 is 2.22 bits per heavy atom. The third kappa shape index (κ3) is 1.71. The molecule has 2 heterocycles. The lowest BCUT2D eigenvalue weighted by Gasteiger charge is -2.26. The van der Waals surface area contributed by atoms with Crippen LogP contribution in [-0.4, -0.2) is 29.8 Å². The fourth-order valence-electron chi connectivity index (χ4n) is 2.66. The lowest BCUT2D eigenvalue weighted by Crippen LogP contribution is -2.28. The van der Waals surface area contributed by atoms with Gasteiger partial charge < -0.3 is 4.90 Å². The van der Waals surface area contributed by atoms with Crippen molar-refractivity contribution in [2.24, 2.45) is 0 Å². The number of nitrogens with zero attached hydrogens (tertiary/aromatic N) is 2. The van der Waals surface area contributed by atoms with E-state index in [0.29, 0.717) is 0 Å². The molecule has 0 aliphatic carbocycles. The fraction of sp³-hybridized carbons (Fsp3) is 0.333. The zero-order valence-corrected chi connectivity index (χ0v) is 10.7. The number of carbonyl (C=O) groups excluding carboxylic acids is 1. The Kier molecular flexibility index (Phi) is 2.63. The summed E-state index contributed by atoms with van der Waals surface area (Å²) >= 11 is 0. The summed E-state index contributed by atoms with van der Waals surface area (Å²) in [5, 5.41) is 0.985. The summed E-state index contributed by atoms with van der Waals surface area (Å²) in [5.74, 6) is 0. The van der Waals surface area contributed by atoms with Crippen LogP contribution in [0.15, 0.2) is 18.2 Å². The molecule has 1 aromatic heterocycles. The summed E-state index contributed by atoms with van der Waals surface area (Å²) in [6.07, 6.45) is 1.91. The van der Waals surface area contributed by atoms with Crippen molar-refractivity contribution in [3.05, 3.63) is 40.6 Å². The van der Waals surface area contributed by atoms with Crippen LogP contribution >= 0.6 is 0 Å². The summed E-state index contributed by atoms with van der Waals surface area (Å²) in [6, 6.07) is 6.11. The molecule has 0 atom stereocenters. The number of fused-ring (bicyclic) bond motifs is 2. The van der Waals surface area contributed by atoms with Gasteiger partial charge in [0.25, 0.3) is 0 Å². The molecule has 18 heavy (non-hydrogen) atoms. The Morgan fingerprint density at radius 1 is 1.39 bits per heavy atom. The second-order valence-corrected chi connectivity index (χ2v) is 5.08. The minimum absolute atomic E-state index is 0.820. The van der Waals surface area contributed by atoms with Crippen LogP contribution in [-0.2, 0) is 13.0 Å². The number of aldehydes is 1. The van der Waals surface area contributed by atoms with Gasteiger partial charge in [0.15, 0.2) is 6.29 Å². The summed E-state index contributed by atoms with van der Waals surface area (Å²) < 4.78 is 0. The first-order valence-corrected chi connectivity index (χ1v) is 6.25. The first-order chi connectivity index (χ1) is 8.69. The summed E-state index contributed by atoms with van der Waals surface area (Å²) in [5.41, 5.74) is 5.12. The van der Waals surface area contributed by atoms with E-state index in [1.54, 1.807) is 0 Å². The van der Waals surface area contributed by atoms with Gasteiger partial charge in [0.2, 0.25) is 0 Å². The van der Waals surface area contributed by atoms with Gasteiger partial charge in [-0.1, -0.05) is 11.6 Å². The van der Waals surface area contributed by atoms with E-state index in [1.807, 2.05) is 19.1 Å². The zero-order valence-electron chi connectivity index (χ0n) is 10.7. The number of hydrogen-bond acceptors (Lipinski definition) is 3. The number of rotatable bonds is 1. The van der Waals surface area contributed by atoms with Gasteiger partial charge in [-0.25, -0.2) is 0 Å². The molecule has 1 aliphatic heterocycles. The Labute approximate surface area is 106 Å². The maximum absolute atomic E-state index is 11.5. The molecule has 0 saturated heterocycles. The molecular formula is C15H16N2O. The third-order valence-corrected chi connectivity index (χ3v) is 3.65. The van der Waals surface area contributed by atoms with E-state index in [9.17, 15) is 4.79 Å². The van der Waals surface area contributed by atoms with E-state index >= 15 is 0 Å². The standard InChI is InChI=1S/C15H16N2O/c1-10-3-4-14-11(7-10)13(9-18)12-8-17(2)6-5-15(12)16-14/h3-4,7,9H,5-6,8H2,1-2H3. The van der Waals surface area contributed by atoms with Crippen molar-refractivity contribution in [3.63, 3.8) is 0 Å². The SMILES string of the molecule is Cc1ccc2nc3c(c(C=O)c2c1)CN(C)CC3. The van der Waals surface area contributed by atoms with Crippen molar-refractivity contribution >= 4 is 17.2 Å². The lowest BCUT2D eigenvalue weighted by molar-refractivity contribution is 0.112. The Hall–Kier alpha value is -1.74. The average molecular weight is 240 g/mol. The number of aryl methyl sites for hydroxylation is 1. The molecule has 0 unspecified atom stereocenters. The van der Waals surface area contributed by atoms with Crippen molar-refractivity contribution in [3.8, 4) is 0 Å². The van der Waals surface area contributed by atoms with E-state index in [2.05, 4.69) is 18.0 Å². The molecule has 0 saturated carbocycles. The topological polar surface area (TPSA) is 33.2 Å². The molecule has 0 radical (unpaired) electrons. The van der Waals surface area contributed by atoms with Gasteiger partial charge in [0.05, 0.1) is 5.52 Å². The highest BCUT2D eigenvalue weighted by molar-refractivity contribution is 5.98. The molecule has 3 nitrogen and oxygen atoms in total. The highest BCUT2D eigenvalue weighted by Gasteiger charge is 2.20. The molecule has 0 spiro atoms. The number of hydrogen-bond donors (Lipinski definition) is 0. The van der Waals surface area contributed by atoms with Crippen LogP contribution in [0.3, 0.4) is 0 Å². The molecular weight excluding hydrogens is 224 g/mol. The number of likely N-dealkylation sites (N-methyl/N-ethyl adjacent to an activating group) is 1. The first kappa shape index (κ1) is 11.4. The minimum Gasteiger partial charge on any atom is -0.302 e. The summed E-state index contributed by atoms with van der Waals surface area (Å²) in [6.45, 7) is 3.87. The van der Waals surface area contributed by atoms with Crippen molar-refractivity contribution in [1.29, 1.82) is 0 Å². The van der Waals surface area contributed by atoms with Crippen molar-refractivity contribution in [2.45, 2.75) is 19.9 Å². The smallest absolute Gasteiger partial charge is 0.151 e. The molecule has 3 heteroatoms. The monoisotopic (exact) mass is 240 g/mol. The molecule has 1 aliphatic rings. The van der Waals surface area contributed by atoms with E-state index in [-0.39, 0.29) is 0 Å². The molecule has 2 aromatic rings. The fourth-order valence-corrected chi connectivity index (χ4v) is 2.66. The van der Waals surface area contributed by atoms with E-state index in [0.717, 1.165) is 59.1 Å². The van der Waals surface area contributed by atoms with Gasteiger partial charge in [0, 0.05) is 36.2 Å². The predicted molar refractivity (Wildman–Crippen MR) is 71.9 cm³/mol. The van der Waals surface area contributed by atoms with E-state index < -0.39 is 0 Å². The quantitative estimate of drug-likeness (QED) is 0.717. The number of carbonyl (C=O) groups is 1. The summed E-state index contributed by atoms with van der Waals surface area (Å²) in [7, 11) is 2.08. The summed E-state index contributed by atoms with van der Waals surface area (Å²) in [4.78, 5) is 18.4. The molecule has 1 aromatic carbocycles. The highest BCUT2D eigenvalue weighted by Crippen LogP contribution is 2.27.